The first kappa shape index (κ1) is 19.4. The van der Waals surface area contributed by atoms with Gasteiger partial charge in [-0.15, -0.1) is 0 Å². The Morgan fingerprint density at radius 3 is 1.64 bits per heavy atom. The molecule has 218 valence electrons. The van der Waals surface area contributed by atoms with E-state index in [0.717, 1.165) is 43.4 Å². The molecular weight excluding hydrogens is 569 g/mol. The Kier molecular flexibility index (Phi) is 4.19. The summed E-state index contributed by atoms with van der Waals surface area (Å²) in [4.78, 5) is 0. The molecule has 0 atom stereocenters. The monoisotopic (exact) mass is 604 g/mol. The molecule has 0 fully saturated rings. The van der Waals surface area contributed by atoms with E-state index in [1.54, 1.807) is 6.07 Å². The van der Waals surface area contributed by atoms with Gasteiger partial charge in [0, 0.05) is 21.9 Å². The minimum atomic E-state index is -0.446. The number of furan rings is 1. The van der Waals surface area contributed by atoms with Gasteiger partial charge in [-0.25, -0.2) is 0 Å². The molecule has 0 saturated carbocycles. The number of para-hydroxylation sites is 2. The SMILES string of the molecule is [2H]c1c([2H])c([2H])c2c(-c3cccc4c3oc3ccccc34)c3c([2H])c([2H])c([2H])c([2H])c3c(-c3cccc4c(-c5ccc6ccccc6c5)cccc34)c2c1[2H]. The number of hydrogen-bond acceptors (Lipinski definition) is 1. The number of hydrogen-bond donors (Lipinski definition) is 0. The predicted molar refractivity (Wildman–Crippen MR) is 200 cm³/mol. The van der Waals surface area contributed by atoms with Crippen molar-refractivity contribution >= 4 is 65.0 Å². The van der Waals surface area contributed by atoms with Gasteiger partial charge in [0.2, 0.25) is 0 Å². The molecule has 10 aromatic rings. The molecule has 0 aliphatic heterocycles. The summed E-state index contributed by atoms with van der Waals surface area (Å²) >= 11 is 0. The van der Waals surface area contributed by atoms with Crippen LogP contribution < -0.4 is 0 Å². The van der Waals surface area contributed by atoms with Gasteiger partial charge < -0.3 is 4.42 Å². The van der Waals surface area contributed by atoms with Crippen LogP contribution in [0.25, 0.3) is 98.4 Å². The fraction of sp³-hybridized carbons (Fsp3) is 0. The average molecular weight is 605 g/mol. The molecule has 1 aromatic heterocycles. The van der Waals surface area contributed by atoms with E-state index >= 15 is 0 Å². The molecule has 0 bridgehead atoms. The minimum absolute atomic E-state index is 0.147. The molecule has 1 nitrogen and oxygen atoms in total. The second-order valence-corrected chi connectivity index (χ2v) is 11.8. The summed E-state index contributed by atoms with van der Waals surface area (Å²) in [5, 5.41) is 6.10. The van der Waals surface area contributed by atoms with Crippen LogP contribution in [-0.4, -0.2) is 0 Å². The third kappa shape index (κ3) is 3.90. The lowest BCUT2D eigenvalue weighted by Gasteiger charge is -2.19. The summed E-state index contributed by atoms with van der Waals surface area (Å²) in [5.41, 5.74) is 4.63. The first-order valence-corrected chi connectivity index (χ1v) is 15.5. The lowest BCUT2D eigenvalue weighted by Crippen LogP contribution is -1.92. The van der Waals surface area contributed by atoms with E-state index < -0.39 is 24.2 Å². The minimum Gasteiger partial charge on any atom is -0.455 e. The Bertz CT molecular complexity index is 3230. The van der Waals surface area contributed by atoms with Crippen LogP contribution in [0.4, 0.5) is 0 Å². The Labute approximate surface area is 283 Å². The van der Waals surface area contributed by atoms with Gasteiger partial charge in [0.15, 0.2) is 0 Å². The highest BCUT2D eigenvalue weighted by atomic mass is 16.3. The van der Waals surface area contributed by atoms with Crippen LogP contribution in [0.5, 0.6) is 0 Å². The van der Waals surface area contributed by atoms with E-state index in [1.807, 2.05) is 84.9 Å². The molecule has 0 unspecified atom stereocenters. The lowest BCUT2D eigenvalue weighted by molar-refractivity contribution is 0.670. The Morgan fingerprint density at radius 1 is 0.383 bits per heavy atom. The molecule has 1 heterocycles. The van der Waals surface area contributed by atoms with E-state index in [-0.39, 0.29) is 51.3 Å². The summed E-state index contributed by atoms with van der Waals surface area (Å²) in [5.74, 6) is 0. The topological polar surface area (TPSA) is 13.1 Å². The van der Waals surface area contributed by atoms with Crippen molar-refractivity contribution < 1.29 is 15.4 Å². The molecule has 0 saturated heterocycles. The number of fused-ring (bicyclic) bond motifs is 7. The first-order valence-electron chi connectivity index (χ1n) is 19.5. The van der Waals surface area contributed by atoms with Crippen molar-refractivity contribution in [3.05, 3.63) is 170 Å². The Morgan fingerprint density at radius 2 is 0.915 bits per heavy atom. The van der Waals surface area contributed by atoms with Gasteiger partial charge in [0.05, 0.1) is 11.0 Å². The van der Waals surface area contributed by atoms with Crippen molar-refractivity contribution in [1.29, 1.82) is 0 Å². The highest BCUT2D eigenvalue weighted by Gasteiger charge is 2.21. The molecule has 0 N–H and O–H groups in total. The summed E-state index contributed by atoms with van der Waals surface area (Å²) in [6.45, 7) is 0. The molecule has 9 aromatic carbocycles. The van der Waals surface area contributed by atoms with Gasteiger partial charge in [-0.1, -0.05) is 158 Å². The van der Waals surface area contributed by atoms with Crippen molar-refractivity contribution in [3.8, 4) is 33.4 Å². The second-order valence-electron chi connectivity index (χ2n) is 11.8. The van der Waals surface area contributed by atoms with Gasteiger partial charge in [0.1, 0.15) is 11.2 Å². The van der Waals surface area contributed by atoms with Crippen LogP contribution in [0.15, 0.2) is 174 Å². The van der Waals surface area contributed by atoms with E-state index in [1.165, 1.54) is 0 Å². The van der Waals surface area contributed by atoms with Crippen LogP contribution in [-0.2, 0) is 0 Å². The largest absolute Gasteiger partial charge is 0.455 e. The molecule has 10 rings (SSSR count). The quantitative estimate of drug-likeness (QED) is 0.183. The zero-order valence-corrected chi connectivity index (χ0v) is 25.0. The maximum Gasteiger partial charge on any atom is 0.143 e. The molecule has 0 radical (unpaired) electrons. The Balaban J connectivity index is 1.42. The van der Waals surface area contributed by atoms with Crippen LogP contribution >= 0.6 is 0 Å². The van der Waals surface area contributed by atoms with Crippen molar-refractivity contribution in [2.45, 2.75) is 0 Å². The zero-order chi connectivity index (χ0) is 37.9. The summed E-state index contributed by atoms with van der Waals surface area (Å²) in [6.07, 6.45) is 0. The van der Waals surface area contributed by atoms with E-state index in [4.69, 9.17) is 9.90 Å². The van der Waals surface area contributed by atoms with E-state index in [0.29, 0.717) is 27.9 Å². The van der Waals surface area contributed by atoms with Crippen LogP contribution in [0.2, 0.25) is 0 Å². The van der Waals surface area contributed by atoms with E-state index in [2.05, 4.69) is 30.3 Å². The predicted octanol–water partition coefficient (Wildman–Crippen LogP) is 13.2. The second kappa shape index (κ2) is 10.2. The van der Waals surface area contributed by atoms with E-state index in [9.17, 15) is 5.48 Å². The fourth-order valence-electron chi connectivity index (χ4n) is 7.24. The maximum absolute atomic E-state index is 9.48. The third-order valence-electron chi connectivity index (χ3n) is 9.30. The van der Waals surface area contributed by atoms with Gasteiger partial charge in [-0.05, 0) is 77.5 Å². The fourth-order valence-corrected chi connectivity index (χ4v) is 7.24. The standard InChI is InChI=1S/C46H28O/c1-2-13-30-28-31(27-26-29(30)12-1)32-19-9-21-34-33(32)20-10-22-36(34)44-37-15-3-5-17-39(37)45(40-18-6-4-16-38(40)44)42-24-11-23-41-35-14-7-8-25-43(35)47-46(41)42/h1-28H/i3D,4D,5D,6D,15D,16D,17D,18D. The van der Waals surface area contributed by atoms with Crippen LogP contribution in [0, 0.1) is 0 Å². The lowest BCUT2D eigenvalue weighted by atomic mass is 9.84. The maximum atomic E-state index is 9.48. The highest BCUT2D eigenvalue weighted by Crippen LogP contribution is 2.48. The van der Waals surface area contributed by atoms with Crippen molar-refractivity contribution in [2.75, 3.05) is 0 Å². The van der Waals surface area contributed by atoms with Crippen molar-refractivity contribution in [3.63, 3.8) is 0 Å². The zero-order valence-electron chi connectivity index (χ0n) is 33.0. The molecule has 1 heteroatoms. The van der Waals surface area contributed by atoms with Gasteiger partial charge in [-0.3, -0.25) is 0 Å². The van der Waals surface area contributed by atoms with Crippen LogP contribution in [0.3, 0.4) is 0 Å². The van der Waals surface area contributed by atoms with Crippen LogP contribution in [0.1, 0.15) is 11.0 Å². The summed E-state index contributed by atoms with van der Waals surface area (Å²) < 4.78 is 79.8. The molecule has 0 spiro atoms. The smallest absolute Gasteiger partial charge is 0.143 e. The molecule has 0 amide bonds. The third-order valence-corrected chi connectivity index (χ3v) is 9.30. The highest BCUT2D eigenvalue weighted by molar-refractivity contribution is 6.26. The first-order chi connectivity index (χ1) is 26.7. The molecule has 0 aliphatic rings. The molecule has 47 heavy (non-hydrogen) atoms. The number of rotatable bonds is 3. The molecular formula is C46H28O. The Hall–Kier alpha value is -6.18. The molecule has 0 aliphatic carbocycles. The van der Waals surface area contributed by atoms with Gasteiger partial charge >= 0.3 is 0 Å². The van der Waals surface area contributed by atoms with Crippen molar-refractivity contribution in [2.24, 2.45) is 0 Å². The van der Waals surface area contributed by atoms with Gasteiger partial charge in [0.25, 0.3) is 0 Å². The summed E-state index contributed by atoms with van der Waals surface area (Å²) in [7, 11) is 0. The average Bonchev–Trinajstić information content (AvgIpc) is 3.61. The van der Waals surface area contributed by atoms with Gasteiger partial charge in [-0.2, -0.15) is 0 Å². The summed E-state index contributed by atoms with van der Waals surface area (Å²) in [6, 6.07) is 36.3. The van der Waals surface area contributed by atoms with Crippen molar-refractivity contribution in [1.82, 2.24) is 0 Å². The normalized spacial score (nSPS) is 14.2. The number of benzene rings is 9.